The van der Waals surface area contributed by atoms with E-state index in [1.54, 1.807) is 0 Å². The van der Waals surface area contributed by atoms with Crippen LogP contribution >= 0.6 is 0 Å². The number of benzene rings is 1. The molecule has 2 amide bonds. The molecule has 0 spiro atoms. The van der Waals surface area contributed by atoms with Crippen LogP contribution in [0.4, 0.5) is 10.5 Å². The highest BCUT2D eigenvalue weighted by atomic mass is 16.2. The first-order valence-corrected chi connectivity index (χ1v) is 6.04. The average Bonchev–Trinajstić information content (AvgIpc) is 3.07. The maximum absolute atomic E-state index is 11.5. The Morgan fingerprint density at radius 2 is 1.94 bits per heavy atom. The zero-order valence-corrected chi connectivity index (χ0v) is 10.7. The molecule has 1 aromatic rings. The van der Waals surface area contributed by atoms with E-state index in [0.717, 1.165) is 29.7 Å². The fourth-order valence-corrected chi connectivity index (χ4v) is 1.70. The van der Waals surface area contributed by atoms with Crippen LogP contribution in [0, 0.1) is 13.8 Å². The highest BCUT2D eigenvalue weighted by Gasteiger charge is 2.23. The minimum Gasteiger partial charge on any atom is -0.369 e. The van der Waals surface area contributed by atoms with Crippen molar-refractivity contribution in [2.45, 2.75) is 32.7 Å². The van der Waals surface area contributed by atoms with Crippen molar-refractivity contribution in [3.8, 4) is 0 Å². The Bertz CT molecular complexity index is 472. The predicted molar refractivity (Wildman–Crippen MR) is 71.9 cm³/mol. The lowest BCUT2D eigenvalue weighted by atomic mass is 10.1. The zero-order chi connectivity index (χ0) is 13.1. The number of carbonyl (C=O) groups is 1. The molecule has 0 bridgehead atoms. The van der Waals surface area contributed by atoms with E-state index in [2.05, 4.69) is 15.6 Å². The lowest BCUT2D eigenvalue weighted by Crippen LogP contribution is -2.44. The van der Waals surface area contributed by atoms with Crippen molar-refractivity contribution in [1.82, 2.24) is 10.6 Å². The first-order valence-electron chi connectivity index (χ1n) is 6.04. The number of rotatable bonds is 2. The van der Waals surface area contributed by atoms with Gasteiger partial charge in [0, 0.05) is 6.04 Å². The standard InChI is InChI=1S/C13H18N4O/c1-8-4-3-5-9(2)11(8)16-12(14)17-13(18)15-10-6-7-10/h3-5,10H,6-7H2,1-2H3,(H4,14,15,16,17,18). The summed E-state index contributed by atoms with van der Waals surface area (Å²) in [6, 6.07) is 5.91. The minimum absolute atomic E-state index is 0.116. The second-order valence-corrected chi connectivity index (χ2v) is 4.61. The van der Waals surface area contributed by atoms with Gasteiger partial charge in [-0.05, 0) is 37.8 Å². The summed E-state index contributed by atoms with van der Waals surface area (Å²) in [5.74, 6) is 0.116. The number of nitrogens with one attached hydrogen (secondary N) is 2. The number of hydrogen-bond acceptors (Lipinski definition) is 2. The first kappa shape index (κ1) is 12.4. The van der Waals surface area contributed by atoms with Gasteiger partial charge in [-0.25, -0.2) is 9.79 Å². The molecule has 0 aromatic heterocycles. The minimum atomic E-state index is -0.287. The van der Waals surface area contributed by atoms with Crippen LogP contribution in [0.3, 0.4) is 0 Å². The largest absolute Gasteiger partial charge is 0.369 e. The molecule has 0 saturated heterocycles. The van der Waals surface area contributed by atoms with Crippen molar-refractivity contribution in [2.75, 3.05) is 0 Å². The topological polar surface area (TPSA) is 79.5 Å². The zero-order valence-electron chi connectivity index (χ0n) is 10.7. The molecule has 1 fully saturated rings. The van der Waals surface area contributed by atoms with Crippen LogP contribution < -0.4 is 16.4 Å². The van der Waals surface area contributed by atoms with Gasteiger partial charge in [0.2, 0.25) is 5.96 Å². The maximum atomic E-state index is 11.5. The second kappa shape index (κ2) is 5.08. The summed E-state index contributed by atoms with van der Waals surface area (Å²) in [7, 11) is 0. The van der Waals surface area contributed by atoms with Crippen molar-refractivity contribution < 1.29 is 4.79 Å². The van der Waals surface area contributed by atoms with E-state index < -0.39 is 0 Å². The summed E-state index contributed by atoms with van der Waals surface area (Å²) in [6.07, 6.45) is 2.09. The summed E-state index contributed by atoms with van der Waals surface area (Å²) in [5, 5.41) is 5.32. The van der Waals surface area contributed by atoms with Crippen molar-refractivity contribution in [3.05, 3.63) is 29.3 Å². The molecule has 5 nitrogen and oxygen atoms in total. The smallest absolute Gasteiger partial charge is 0.321 e. The molecule has 18 heavy (non-hydrogen) atoms. The number of urea groups is 1. The average molecular weight is 246 g/mol. The molecule has 0 atom stereocenters. The third kappa shape index (κ3) is 3.23. The number of nitrogens with zero attached hydrogens (tertiary/aromatic N) is 1. The van der Waals surface area contributed by atoms with E-state index in [-0.39, 0.29) is 12.0 Å². The highest BCUT2D eigenvalue weighted by molar-refractivity contribution is 5.96. The molecule has 1 saturated carbocycles. The molecule has 96 valence electrons. The van der Waals surface area contributed by atoms with E-state index in [1.807, 2.05) is 32.0 Å². The van der Waals surface area contributed by atoms with Gasteiger partial charge in [0.05, 0.1) is 5.69 Å². The van der Waals surface area contributed by atoms with Crippen molar-refractivity contribution in [2.24, 2.45) is 10.7 Å². The molecule has 0 unspecified atom stereocenters. The van der Waals surface area contributed by atoms with Gasteiger partial charge in [-0.15, -0.1) is 0 Å². The quantitative estimate of drug-likeness (QED) is 0.548. The molecule has 4 N–H and O–H groups in total. The summed E-state index contributed by atoms with van der Waals surface area (Å²) < 4.78 is 0. The first-order chi connectivity index (χ1) is 8.56. The van der Waals surface area contributed by atoms with Gasteiger partial charge in [0.15, 0.2) is 0 Å². The predicted octanol–water partition coefficient (Wildman–Crippen LogP) is 1.71. The van der Waals surface area contributed by atoms with Gasteiger partial charge in [0.25, 0.3) is 0 Å². The molecule has 2 rings (SSSR count). The molecule has 1 aliphatic carbocycles. The number of guanidine groups is 1. The Morgan fingerprint density at radius 1 is 1.33 bits per heavy atom. The summed E-state index contributed by atoms with van der Waals surface area (Å²) in [4.78, 5) is 15.7. The van der Waals surface area contributed by atoms with Crippen LogP contribution in [0.5, 0.6) is 0 Å². The van der Waals surface area contributed by atoms with Gasteiger partial charge in [-0.3, -0.25) is 5.32 Å². The van der Waals surface area contributed by atoms with Gasteiger partial charge in [0.1, 0.15) is 0 Å². The Hall–Kier alpha value is -2.04. The lowest BCUT2D eigenvalue weighted by molar-refractivity contribution is 0.245. The lowest BCUT2D eigenvalue weighted by Gasteiger charge is -2.08. The molecule has 0 heterocycles. The number of hydrogen-bond donors (Lipinski definition) is 3. The van der Waals surface area contributed by atoms with E-state index in [4.69, 9.17) is 5.73 Å². The highest BCUT2D eigenvalue weighted by Crippen LogP contribution is 2.22. The molecule has 0 radical (unpaired) electrons. The van der Waals surface area contributed by atoms with Crippen LogP contribution in [-0.2, 0) is 0 Å². The van der Waals surface area contributed by atoms with Crippen molar-refractivity contribution >= 4 is 17.7 Å². The maximum Gasteiger partial charge on any atom is 0.321 e. The third-order valence-electron chi connectivity index (χ3n) is 2.83. The Morgan fingerprint density at radius 3 is 2.50 bits per heavy atom. The normalized spacial score (nSPS) is 15.3. The number of nitrogens with two attached hydrogens (primary N) is 1. The van der Waals surface area contributed by atoms with Gasteiger partial charge >= 0.3 is 6.03 Å². The van der Waals surface area contributed by atoms with E-state index in [9.17, 15) is 4.79 Å². The molecule has 0 aliphatic heterocycles. The molecular weight excluding hydrogens is 228 g/mol. The summed E-state index contributed by atoms with van der Waals surface area (Å²) in [6.45, 7) is 3.92. The number of aryl methyl sites for hydroxylation is 2. The SMILES string of the molecule is Cc1cccc(C)c1N=C(N)NC(=O)NC1CC1. The fourth-order valence-electron chi connectivity index (χ4n) is 1.70. The molecular formula is C13H18N4O. The molecule has 1 aromatic carbocycles. The third-order valence-corrected chi connectivity index (χ3v) is 2.83. The van der Waals surface area contributed by atoms with E-state index in [0.29, 0.717) is 6.04 Å². The van der Waals surface area contributed by atoms with Gasteiger partial charge < -0.3 is 11.1 Å². The van der Waals surface area contributed by atoms with E-state index >= 15 is 0 Å². The number of para-hydroxylation sites is 1. The Kier molecular flexibility index (Phi) is 3.50. The number of carbonyl (C=O) groups excluding carboxylic acids is 1. The Balaban J connectivity index is 2.04. The number of amides is 2. The van der Waals surface area contributed by atoms with Crippen LogP contribution in [-0.4, -0.2) is 18.0 Å². The molecule has 5 heteroatoms. The van der Waals surface area contributed by atoms with Crippen molar-refractivity contribution in [3.63, 3.8) is 0 Å². The van der Waals surface area contributed by atoms with Gasteiger partial charge in [-0.2, -0.15) is 0 Å². The van der Waals surface area contributed by atoms with Crippen molar-refractivity contribution in [1.29, 1.82) is 0 Å². The van der Waals surface area contributed by atoms with Crippen LogP contribution in [0.1, 0.15) is 24.0 Å². The van der Waals surface area contributed by atoms with E-state index in [1.165, 1.54) is 0 Å². The van der Waals surface area contributed by atoms with Crippen LogP contribution in [0.2, 0.25) is 0 Å². The van der Waals surface area contributed by atoms with Gasteiger partial charge in [-0.1, -0.05) is 18.2 Å². The summed E-state index contributed by atoms with van der Waals surface area (Å²) in [5.41, 5.74) is 8.59. The fraction of sp³-hybridized carbons (Fsp3) is 0.385. The number of aliphatic imine (C=N–C) groups is 1. The van der Waals surface area contributed by atoms with Crippen LogP contribution in [0.15, 0.2) is 23.2 Å². The van der Waals surface area contributed by atoms with Crippen LogP contribution in [0.25, 0.3) is 0 Å². The monoisotopic (exact) mass is 246 g/mol. The Labute approximate surface area is 106 Å². The second-order valence-electron chi connectivity index (χ2n) is 4.61. The summed E-state index contributed by atoms with van der Waals surface area (Å²) >= 11 is 0. The molecule has 1 aliphatic rings.